The lowest BCUT2D eigenvalue weighted by Crippen LogP contribution is -2.37. The Balaban J connectivity index is 3.01. The van der Waals surface area contributed by atoms with Crippen LogP contribution in [-0.2, 0) is 4.74 Å². The molecule has 17 heavy (non-hydrogen) atoms. The van der Waals surface area contributed by atoms with E-state index >= 15 is 0 Å². The van der Waals surface area contributed by atoms with E-state index in [4.69, 9.17) is 16.3 Å². The van der Waals surface area contributed by atoms with E-state index in [1.54, 1.807) is 20.4 Å². The number of anilines is 2. The first-order chi connectivity index (χ1) is 8.13. The number of aromatic nitrogens is 2. The minimum absolute atomic E-state index is 0.210. The first-order valence-electron chi connectivity index (χ1n) is 5.59. The van der Waals surface area contributed by atoms with Crippen LogP contribution in [0.2, 0.25) is 5.02 Å². The van der Waals surface area contributed by atoms with Gasteiger partial charge in [-0.05, 0) is 13.8 Å². The maximum atomic E-state index is 6.14. The molecule has 1 unspecified atom stereocenters. The Morgan fingerprint density at radius 3 is 2.82 bits per heavy atom. The number of nitrogens with one attached hydrogen (secondary N) is 1. The van der Waals surface area contributed by atoms with E-state index in [-0.39, 0.29) is 6.04 Å². The molecule has 1 heterocycles. The van der Waals surface area contributed by atoms with Crippen molar-refractivity contribution >= 4 is 23.4 Å². The Morgan fingerprint density at radius 1 is 1.59 bits per heavy atom. The van der Waals surface area contributed by atoms with Crippen molar-refractivity contribution in [1.29, 1.82) is 0 Å². The van der Waals surface area contributed by atoms with E-state index in [0.717, 1.165) is 12.4 Å². The van der Waals surface area contributed by atoms with Gasteiger partial charge in [0.1, 0.15) is 5.02 Å². The van der Waals surface area contributed by atoms with Crippen molar-refractivity contribution in [2.75, 3.05) is 37.5 Å². The van der Waals surface area contributed by atoms with E-state index in [2.05, 4.69) is 34.0 Å². The summed E-state index contributed by atoms with van der Waals surface area (Å²) < 4.78 is 5.16. The molecule has 6 heteroatoms. The van der Waals surface area contributed by atoms with Gasteiger partial charge < -0.3 is 15.0 Å². The fraction of sp³-hybridized carbons (Fsp3) is 0.636. The van der Waals surface area contributed by atoms with Gasteiger partial charge in [-0.25, -0.2) is 4.98 Å². The third-order valence-electron chi connectivity index (χ3n) is 2.50. The summed E-state index contributed by atoms with van der Waals surface area (Å²) in [4.78, 5) is 10.5. The lowest BCUT2D eigenvalue weighted by atomic mass is 10.3. The van der Waals surface area contributed by atoms with E-state index in [1.165, 1.54) is 0 Å². The molecule has 0 aliphatic rings. The number of likely N-dealkylation sites (N-methyl/N-ethyl adjacent to an activating group) is 1. The van der Waals surface area contributed by atoms with Crippen LogP contribution in [0.3, 0.4) is 0 Å². The third kappa shape index (κ3) is 3.44. The summed E-state index contributed by atoms with van der Waals surface area (Å²) in [6, 6.07) is 0.210. The second-order valence-corrected chi connectivity index (χ2v) is 4.11. The topological polar surface area (TPSA) is 50.3 Å². The summed E-state index contributed by atoms with van der Waals surface area (Å²) in [7, 11) is 3.47. The smallest absolute Gasteiger partial charge is 0.224 e. The fourth-order valence-corrected chi connectivity index (χ4v) is 1.88. The van der Waals surface area contributed by atoms with Crippen molar-refractivity contribution in [3.8, 4) is 0 Å². The number of halogens is 1. The van der Waals surface area contributed by atoms with Gasteiger partial charge in [-0.15, -0.1) is 0 Å². The molecule has 0 aromatic carbocycles. The van der Waals surface area contributed by atoms with Crippen molar-refractivity contribution in [2.24, 2.45) is 0 Å². The number of nitrogens with zero attached hydrogens (tertiary/aromatic N) is 3. The second-order valence-electron chi connectivity index (χ2n) is 3.71. The van der Waals surface area contributed by atoms with Gasteiger partial charge in [0, 0.05) is 20.7 Å². The fourth-order valence-electron chi connectivity index (χ4n) is 1.68. The molecule has 0 spiro atoms. The molecule has 0 aliphatic heterocycles. The van der Waals surface area contributed by atoms with Crippen LogP contribution in [-0.4, -0.2) is 43.3 Å². The SMILES string of the molecule is CCN(c1nc(NC)ncc1Cl)C(C)COC. The van der Waals surface area contributed by atoms with Gasteiger partial charge in [-0.2, -0.15) is 4.98 Å². The first-order valence-corrected chi connectivity index (χ1v) is 5.97. The van der Waals surface area contributed by atoms with Crippen LogP contribution in [0.15, 0.2) is 6.20 Å². The largest absolute Gasteiger partial charge is 0.383 e. The molecule has 0 aliphatic carbocycles. The van der Waals surface area contributed by atoms with Crippen LogP contribution >= 0.6 is 11.6 Å². The zero-order chi connectivity index (χ0) is 12.8. The predicted octanol–water partition coefficient (Wildman–Crippen LogP) is 2.03. The summed E-state index contributed by atoms with van der Waals surface area (Å²) in [5.41, 5.74) is 0. The van der Waals surface area contributed by atoms with Gasteiger partial charge in [0.15, 0.2) is 5.82 Å². The Bertz CT molecular complexity index is 361. The number of hydrogen-bond acceptors (Lipinski definition) is 5. The number of hydrogen-bond donors (Lipinski definition) is 1. The molecule has 1 N–H and O–H groups in total. The minimum atomic E-state index is 0.210. The van der Waals surface area contributed by atoms with Gasteiger partial charge in [-0.1, -0.05) is 11.6 Å². The van der Waals surface area contributed by atoms with Crippen LogP contribution in [0.5, 0.6) is 0 Å². The Kier molecular flexibility index (Phi) is 5.44. The standard InChI is InChI=1S/C11H19ClN4O/c1-5-16(8(2)7-17-4)10-9(12)6-14-11(13-3)15-10/h6,8H,5,7H2,1-4H3,(H,13,14,15). The Hall–Kier alpha value is -1.07. The van der Waals surface area contributed by atoms with Crippen LogP contribution in [0, 0.1) is 0 Å². The second kappa shape index (κ2) is 6.61. The molecule has 0 bridgehead atoms. The van der Waals surface area contributed by atoms with Crippen LogP contribution in [0.4, 0.5) is 11.8 Å². The van der Waals surface area contributed by atoms with Crippen molar-refractivity contribution in [2.45, 2.75) is 19.9 Å². The van der Waals surface area contributed by atoms with E-state index in [0.29, 0.717) is 17.6 Å². The van der Waals surface area contributed by atoms with Gasteiger partial charge in [0.05, 0.1) is 18.8 Å². The molecule has 0 radical (unpaired) electrons. The minimum Gasteiger partial charge on any atom is -0.383 e. The Morgan fingerprint density at radius 2 is 2.29 bits per heavy atom. The predicted molar refractivity (Wildman–Crippen MR) is 70.9 cm³/mol. The molecule has 1 atom stereocenters. The lowest BCUT2D eigenvalue weighted by molar-refractivity contribution is 0.181. The summed E-state index contributed by atoms with van der Waals surface area (Å²) in [5, 5.41) is 3.46. The molecule has 96 valence electrons. The molecule has 0 fully saturated rings. The molecular formula is C11H19ClN4O. The summed E-state index contributed by atoms with van der Waals surface area (Å²) in [6.45, 7) is 5.57. The highest BCUT2D eigenvalue weighted by Crippen LogP contribution is 2.25. The summed E-state index contributed by atoms with van der Waals surface area (Å²) in [6.07, 6.45) is 1.61. The summed E-state index contributed by atoms with van der Waals surface area (Å²) >= 11 is 6.14. The monoisotopic (exact) mass is 258 g/mol. The van der Waals surface area contributed by atoms with E-state index in [9.17, 15) is 0 Å². The zero-order valence-electron chi connectivity index (χ0n) is 10.7. The van der Waals surface area contributed by atoms with Crippen molar-refractivity contribution in [3.63, 3.8) is 0 Å². The highest BCUT2D eigenvalue weighted by Gasteiger charge is 2.17. The van der Waals surface area contributed by atoms with Gasteiger partial charge in [0.25, 0.3) is 0 Å². The maximum Gasteiger partial charge on any atom is 0.224 e. The quantitative estimate of drug-likeness (QED) is 0.846. The normalized spacial score (nSPS) is 12.3. The number of ether oxygens (including phenoxy) is 1. The molecular weight excluding hydrogens is 240 g/mol. The third-order valence-corrected chi connectivity index (χ3v) is 2.77. The molecule has 1 aromatic rings. The van der Waals surface area contributed by atoms with E-state index in [1.807, 2.05) is 0 Å². The van der Waals surface area contributed by atoms with Gasteiger partial charge in [-0.3, -0.25) is 0 Å². The Labute approximate surface area is 107 Å². The molecule has 0 saturated carbocycles. The molecule has 5 nitrogen and oxygen atoms in total. The zero-order valence-corrected chi connectivity index (χ0v) is 11.5. The maximum absolute atomic E-state index is 6.14. The number of rotatable bonds is 6. The highest BCUT2D eigenvalue weighted by atomic mass is 35.5. The first kappa shape index (κ1) is 14.0. The van der Waals surface area contributed by atoms with Crippen molar-refractivity contribution in [3.05, 3.63) is 11.2 Å². The molecule has 1 rings (SSSR count). The average Bonchev–Trinajstić information content (AvgIpc) is 2.33. The summed E-state index contributed by atoms with van der Waals surface area (Å²) in [5.74, 6) is 1.30. The highest BCUT2D eigenvalue weighted by molar-refractivity contribution is 6.32. The van der Waals surface area contributed by atoms with Crippen molar-refractivity contribution < 1.29 is 4.74 Å². The molecule has 0 saturated heterocycles. The van der Waals surface area contributed by atoms with Crippen LogP contribution in [0.25, 0.3) is 0 Å². The molecule has 0 amide bonds. The van der Waals surface area contributed by atoms with E-state index < -0.39 is 0 Å². The number of methoxy groups -OCH3 is 1. The lowest BCUT2D eigenvalue weighted by Gasteiger charge is -2.29. The van der Waals surface area contributed by atoms with Crippen LogP contribution < -0.4 is 10.2 Å². The van der Waals surface area contributed by atoms with Gasteiger partial charge in [0.2, 0.25) is 5.95 Å². The average molecular weight is 259 g/mol. The van der Waals surface area contributed by atoms with Crippen molar-refractivity contribution in [1.82, 2.24) is 9.97 Å². The van der Waals surface area contributed by atoms with Gasteiger partial charge >= 0.3 is 0 Å². The molecule has 1 aromatic heterocycles. The van der Waals surface area contributed by atoms with Crippen LogP contribution in [0.1, 0.15) is 13.8 Å².